The molecule has 0 spiro atoms. The highest BCUT2D eigenvalue weighted by Crippen LogP contribution is 2.40. The van der Waals surface area contributed by atoms with Crippen molar-refractivity contribution in [1.82, 2.24) is 0 Å². The van der Waals surface area contributed by atoms with Gasteiger partial charge in [0.2, 0.25) is 5.75 Å². The SMILES string of the molecule is O=[N+]([O-])c1cc(C(F)F)cc(S(=O)(=O)Cl)c1OC(F)F. The first kappa shape index (κ1) is 16.4. The average molecular weight is 338 g/mol. The molecule has 0 aromatic heterocycles. The quantitative estimate of drug-likeness (QED) is 0.357. The molecule has 0 fully saturated rings. The number of nitro benzene ring substituents is 1. The zero-order valence-electron chi connectivity index (χ0n) is 9.10. The molecule has 0 saturated heterocycles. The van der Waals surface area contributed by atoms with Crippen LogP contribution in [0.2, 0.25) is 0 Å². The van der Waals surface area contributed by atoms with Crippen molar-refractivity contribution in [3.05, 3.63) is 27.8 Å². The molecule has 0 aliphatic rings. The minimum Gasteiger partial charge on any atom is -0.426 e. The lowest BCUT2D eigenvalue weighted by Crippen LogP contribution is -2.09. The van der Waals surface area contributed by atoms with Gasteiger partial charge >= 0.3 is 12.3 Å². The van der Waals surface area contributed by atoms with E-state index in [4.69, 9.17) is 10.7 Å². The maximum absolute atomic E-state index is 12.5. The normalized spacial score (nSPS) is 11.9. The van der Waals surface area contributed by atoms with Gasteiger partial charge in [0.15, 0.2) is 0 Å². The summed E-state index contributed by atoms with van der Waals surface area (Å²) in [5, 5.41) is 10.7. The molecule has 1 rings (SSSR count). The van der Waals surface area contributed by atoms with E-state index < -0.39 is 48.9 Å². The summed E-state index contributed by atoms with van der Waals surface area (Å²) in [6.45, 7) is -3.61. The van der Waals surface area contributed by atoms with Gasteiger partial charge in [0.05, 0.1) is 4.92 Å². The summed E-state index contributed by atoms with van der Waals surface area (Å²) in [4.78, 5) is 7.99. The molecule has 1 aromatic rings. The van der Waals surface area contributed by atoms with E-state index in [9.17, 15) is 36.1 Å². The van der Waals surface area contributed by atoms with Gasteiger partial charge in [-0.2, -0.15) is 8.78 Å². The van der Waals surface area contributed by atoms with Gasteiger partial charge in [-0.1, -0.05) is 0 Å². The van der Waals surface area contributed by atoms with Gasteiger partial charge in [-0.05, 0) is 6.07 Å². The van der Waals surface area contributed by atoms with E-state index in [0.717, 1.165) is 0 Å². The maximum atomic E-state index is 12.5. The Balaban J connectivity index is 3.71. The van der Waals surface area contributed by atoms with E-state index in [0.29, 0.717) is 0 Å². The van der Waals surface area contributed by atoms with Crippen molar-refractivity contribution >= 4 is 25.4 Å². The molecule has 0 bridgehead atoms. The highest BCUT2D eigenvalue weighted by Gasteiger charge is 2.31. The third-order valence-electron chi connectivity index (χ3n) is 1.98. The second kappa shape index (κ2) is 5.79. The van der Waals surface area contributed by atoms with E-state index in [1.807, 2.05) is 0 Å². The molecule has 12 heteroatoms. The zero-order valence-corrected chi connectivity index (χ0v) is 10.7. The summed E-state index contributed by atoms with van der Waals surface area (Å²) in [5.41, 5.74) is -2.43. The topological polar surface area (TPSA) is 86.5 Å². The van der Waals surface area contributed by atoms with Crippen molar-refractivity contribution in [1.29, 1.82) is 0 Å². The number of hydrogen-bond acceptors (Lipinski definition) is 5. The molecule has 0 unspecified atom stereocenters. The lowest BCUT2D eigenvalue weighted by molar-refractivity contribution is -0.386. The molecule has 20 heavy (non-hydrogen) atoms. The van der Waals surface area contributed by atoms with Crippen molar-refractivity contribution in [2.45, 2.75) is 17.9 Å². The highest BCUT2D eigenvalue weighted by molar-refractivity contribution is 8.13. The molecule has 0 N–H and O–H groups in total. The number of rotatable bonds is 5. The van der Waals surface area contributed by atoms with Crippen LogP contribution in [0.4, 0.5) is 23.2 Å². The minimum absolute atomic E-state index is 0.230. The van der Waals surface area contributed by atoms with Crippen LogP contribution in [0.5, 0.6) is 5.75 Å². The molecular formula is C8H4ClF4NO5S. The van der Waals surface area contributed by atoms with Crippen LogP contribution >= 0.6 is 10.7 Å². The molecule has 0 aliphatic heterocycles. The fraction of sp³-hybridized carbons (Fsp3) is 0.250. The molecule has 0 aliphatic carbocycles. The predicted molar refractivity (Wildman–Crippen MR) is 57.7 cm³/mol. The molecule has 0 atom stereocenters. The fourth-order valence-corrected chi connectivity index (χ4v) is 2.25. The Morgan fingerprint density at radius 1 is 1.25 bits per heavy atom. The monoisotopic (exact) mass is 337 g/mol. The van der Waals surface area contributed by atoms with Gasteiger partial charge in [-0.25, -0.2) is 17.2 Å². The van der Waals surface area contributed by atoms with Crippen molar-refractivity contribution in [2.75, 3.05) is 0 Å². The largest absolute Gasteiger partial charge is 0.426 e. The number of nitro groups is 1. The van der Waals surface area contributed by atoms with E-state index in [1.165, 1.54) is 0 Å². The smallest absolute Gasteiger partial charge is 0.387 e. The van der Waals surface area contributed by atoms with Crippen molar-refractivity contribution in [2.24, 2.45) is 0 Å². The van der Waals surface area contributed by atoms with Crippen LogP contribution < -0.4 is 4.74 Å². The van der Waals surface area contributed by atoms with Crippen molar-refractivity contribution < 1.29 is 35.6 Å². The Labute approximate surface area is 113 Å². The molecule has 0 heterocycles. The Morgan fingerprint density at radius 3 is 2.15 bits per heavy atom. The van der Waals surface area contributed by atoms with Gasteiger partial charge < -0.3 is 4.74 Å². The van der Waals surface area contributed by atoms with Crippen LogP contribution in [-0.2, 0) is 9.05 Å². The predicted octanol–water partition coefficient (Wildman–Crippen LogP) is 3.06. The molecule has 112 valence electrons. The van der Waals surface area contributed by atoms with E-state index >= 15 is 0 Å². The number of alkyl halides is 4. The van der Waals surface area contributed by atoms with E-state index in [2.05, 4.69) is 4.74 Å². The lowest BCUT2D eigenvalue weighted by atomic mass is 10.2. The highest BCUT2D eigenvalue weighted by atomic mass is 35.7. The first-order valence-corrected chi connectivity index (χ1v) is 6.85. The average Bonchev–Trinajstić information content (AvgIpc) is 2.25. The molecule has 6 nitrogen and oxygen atoms in total. The summed E-state index contributed by atoms with van der Waals surface area (Å²) in [6, 6.07) is 0.464. The zero-order chi connectivity index (χ0) is 15.7. The first-order valence-electron chi connectivity index (χ1n) is 4.54. The van der Waals surface area contributed by atoms with Crippen molar-refractivity contribution in [3.8, 4) is 5.75 Å². The molecule has 0 radical (unpaired) electrons. The Bertz CT molecular complexity index is 636. The van der Waals surface area contributed by atoms with Crippen LogP contribution in [0.1, 0.15) is 12.0 Å². The molecule has 0 amide bonds. The second-order valence-corrected chi connectivity index (χ2v) is 5.78. The maximum Gasteiger partial charge on any atom is 0.387 e. The molecule has 0 saturated carbocycles. The van der Waals surface area contributed by atoms with Crippen LogP contribution in [0.25, 0.3) is 0 Å². The van der Waals surface area contributed by atoms with Gasteiger partial charge in [-0.3, -0.25) is 10.1 Å². The number of halogens is 5. The second-order valence-electron chi connectivity index (χ2n) is 3.24. The lowest BCUT2D eigenvalue weighted by Gasteiger charge is -2.11. The molecular weight excluding hydrogens is 334 g/mol. The summed E-state index contributed by atoms with van der Waals surface area (Å²) in [6.07, 6.45) is -3.27. The van der Waals surface area contributed by atoms with Gasteiger partial charge in [0.25, 0.3) is 15.5 Å². The van der Waals surface area contributed by atoms with Gasteiger partial charge in [0.1, 0.15) is 4.90 Å². The van der Waals surface area contributed by atoms with E-state index in [-0.39, 0.29) is 12.1 Å². The Morgan fingerprint density at radius 2 is 1.80 bits per heavy atom. The number of hydrogen-bond donors (Lipinski definition) is 0. The van der Waals surface area contributed by atoms with Crippen LogP contribution in [-0.4, -0.2) is 20.0 Å². The van der Waals surface area contributed by atoms with Crippen LogP contribution in [0.3, 0.4) is 0 Å². The Kier molecular flexibility index (Phi) is 4.76. The summed E-state index contributed by atoms with van der Waals surface area (Å²) < 4.78 is 75.4. The van der Waals surface area contributed by atoms with E-state index in [1.54, 1.807) is 0 Å². The van der Waals surface area contributed by atoms with Gasteiger partial charge in [0, 0.05) is 22.3 Å². The third kappa shape index (κ3) is 3.70. The van der Waals surface area contributed by atoms with Crippen LogP contribution in [0.15, 0.2) is 17.0 Å². The first-order chi connectivity index (χ1) is 9.04. The number of benzene rings is 1. The third-order valence-corrected chi connectivity index (χ3v) is 3.30. The summed E-state index contributed by atoms with van der Waals surface area (Å²) in [7, 11) is 0.0653. The standard InChI is InChI=1S/C8H4ClF4NO5S/c9-20(17,18)5-2-3(7(10)11)1-4(14(15)16)6(5)19-8(12)13/h1-2,7-8H. The van der Waals surface area contributed by atoms with Gasteiger partial charge in [-0.15, -0.1) is 0 Å². The van der Waals surface area contributed by atoms with Crippen LogP contribution in [0, 0.1) is 10.1 Å². The Hall–Kier alpha value is -1.62. The minimum atomic E-state index is -4.82. The number of ether oxygens (including phenoxy) is 1. The summed E-state index contributed by atoms with van der Waals surface area (Å²) in [5.74, 6) is -1.40. The fourth-order valence-electron chi connectivity index (χ4n) is 1.26. The van der Waals surface area contributed by atoms with Crippen molar-refractivity contribution in [3.63, 3.8) is 0 Å². The molecule has 1 aromatic carbocycles. The number of nitrogens with zero attached hydrogens (tertiary/aromatic N) is 1. The summed E-state index contributed by atoms with van der Waals surface area (Å²) >= 11 is 0.